The molecule has 3 aromatic rings. The fraction of sp³-hybridized carbons (Fsp3) is 0.174. The lowest BCUT2D eigenvalue weighted by Gasteiger charge is -2.14. The third kappa shape index (κ3) is 5.04. The number of anilines is 3. The minimum atomic E-state index is -0.758. The topological polar surface area (TPSA) is 147 Å². The molecule has 0 saturated carbocycles. The van der Waals surface area contributed by atoms with E-state index in [4.69, 9.17) is 5.73 Å². The number of carbonyl (C=O) groups is 4. The van der Waals surface area contributed by atoms with Crippen molar-refractivity contribution in [2.45, 2.75) is 19.8 Å². The zero-order valence-corrected chi connectivity index (χ0v) is 19.1. The smallest absolute Gasteiger partial charge is 0.329 e. The second-order valence-corrected chi connectivity index (χ2v) is 8.47. The second kappa shape index (κ2) is 9.71. The predicted molar refractivity (Wildman–Crippen MR) is 130 cm³/mol. The van der Waals surface area contributed by atoms with Crippen LogP contribution in [0.4, 0.5) is 26.0 Å². The highest BCUT2D eigenvalue weighted by Crippen LogP contribution is 2.33. The van der Waals surface area contributed by atoms with E-state index in [1.807, 2.05) is 31.2 Å². The van der Waals surface area contributed by atoms with Crippen LogP contribution in [0.3, 0.4) is 0 Å². The molecule has 6 amide bonds. The number of nitrogens with zero attached hydrogens (tertiary/aromatic N) is 2. The summed E-state index contributed by atoms with van der Waals surface area (Å²) in [4.78, 5) is 49.7. The van der Waals surface area contributed by atoms with Crippen LogP contribution in [0.1, 0.15) is 28.8 Å². The zero-order valence-electron chi connectivity index (χ0n) is 18.3. The monoisotopic (exact) mass is 478 g/mol. The van der Waals surface area contributed by atoms with Gasteiger partial charge in [0.1, 0.15) is 10.6 Å². The van der Waals surface area contributed by atoms with Crippen molar-refractivity contribution in [2.75, 3.05) is 22.5 Å². The van der Waals surface area contributed by atoms with Gasteiger partial charge in [0.25, 0.3) is 5.91 Å². The SMILES string of the molecule is Cc1ccc(NC(=O)Nc2ccc(-c3nsc(NC(=O)N4CCCC4=O)c3C(N)=O)cc2)cc1. The number of nitrogens with two attached hydrogens (primary N) is 1. The number of hydrogen-bond donors (Lipinski definition) is 4. The molecule has 174 valence electrons. The quantitative estimate of drug-likeness (QED) is 0.437. The number of benzene rings is 2. The number of urea groups is 2. The molecule has 4 rings (SSSR count). The maximum atomic E-state index is 12.4. The third-order valence-electron chi connectivity index (χ3n) is 5.20. The summed E-state index contributed by atoms with van der Waals surface area (Å²) in [5, 5.41) is 8.23. The number of aryl methyl sites for hydroxylation is 1. The lowest BCUT2D eigenvalue weighted by Crippen LogP contribution is -2.35. The van der Waals surface area contributed by atoms with E-state index in [1.54, 1.807) is 24.3 Å². The number of hydrogen-bond acceptors (Lipinski definition) is 6. The lowest BCUT2D eigenvalue weighted by molar-refractivity contribution is -0.125. The number of imide groups is 1. The minimum absolute atomic E-state index is 0.0582. The number of rotatable bonds is 5. The van der Waals surface area contributed by atoms with Gasteiger partial charge in [0.15, 0.2) is 0 Å². The minimum Gasteiger partial charge on any atom is -0.365 e. The first kappa shape index (κ1) is 22.9. The summed E-state index contributed by atoms with van der Waals surface area (Å²) in [6, 6.07) is 13.1. The molecule has 1 fully saturated rings. The van der Waals surface area contributed by atoms with Crippen LogP contribution in [0.25, 0.3) is 11.3 Å². The van der Waals surface area contributed by atoms with Gasteiger partial charge in [-0.25, -0.2) is 9.59 Å². The van der Waals surface area contributed by atoms with Crippen molar-refractivity contribution >= 4 is 51.8 Å². The molecule has 1 aliphatic rings. The van der Waals surface area contributed by atoms with Crippen LogP contribution >= 0.6 is 11.5 Å². The highest BCUT2D eigenvalue weighted by molar-refractivity contribution is 7.11. The fourth-order valence-corrected chi connectivity index (χ4v) is 4.27. The van der Waals surface area contributed by atoms with Crippen molar-refractivity contribution < 1.29 is 19.2 Å². The van der Waals surface area contributed by atoms with Gasteiger partial charge < -0.3 is 16.4 Å². The number of primary amides is 1. The number of amides is 6. The van der Waals surface area contributed by atoms with Gasteiger partial charge in [0.05, 0.1) is 5.69 Å². The molecule has 34 heavy (non-hydrogen) atoms. The van der Waals surface area contributed by atoms with Crippen LogP contribution in [-0.2, 0) is 4.79 Å². The van der Waals surface area contributed by atoms with Gasteiger partial charge in [-0.15, -0.1) is 0 Å². The van der Waals surface area contributed by atoms with E-state index >= 15 is 0 Å². The Labute approximate surface area is 199 Å². The van der Waals surface area contributed by atoms with Crippen LogP contribution in [0, 0.1) is 6.92 Å². The van der Waals surface area contributed by atoms with Gasteiger partial charge in [-0.05, 0) is 49.1 Å². The molecular weight excluding hydrogens is 456 g/mol. The summed E-state index contributed by atoms with van der Waals surface area (Å²) < 4.78 is 4.28. The first-order valence-corrected chi connectivity index (χ1v) is 11.2. The first-order chi connectivity index (χ1) is 16.3. The Morgan fingerprint density at radius 3 is 2.15 bits per heavy atom. The van der Waals surface area contributed by atoms with Crippen LogP contribution in [-0.4, -0.2) is 39.7 Å². The Morgan fingerprint density at radius 2 is 1.59 bits per heavy atom. The Kier molecular flexibility index (Phi) is 6.55. The molecule has 0 bridgehead atoms. The molecule has 1 aliphatic heterocycles. The van der Waals surface area contributed by atoms with E-state index in [0.29, 0.717) is 42.0 Å². The van der Waals surface area contributed by atoms with Crippen molar-refractivity contribution in [3.63, 3.8) is 0 Å². The summed E-state index contributed by atoms with van der Waals surface area (Å²) in [7, 11) is 0. The van der Waals surface area contributed by atoms with Gasteiger partial charge in [0.2, 0.25) is 5.91 Å². The molecule has 0 atom stereocenters. The van der Waals surface area contributed by atoms with Crippen molar-refractivity contribution in [2.24, 2.45) is 5.73 Å². The van der Waals surface area contributed by atoms with E-state index in [9.17, 15) is 19.2 Å². The molecule has 0 unspecified atom stereocenters. The highest BCUT2D eigenvalue weighted by atomic mass is 32.1. The summed E-state index contributed by atoms with van der Waals surface area (Å²) >= 11 is 0.904. The number of nitrogens with one attached hydrogen (secondary N) is 3. The summed E-state index contributed by atoms with van der Waals surface area (Å²) in [6.45, 7) is 2.29. The third-order valence-corrected chi connectivity index (χ3v) is 5.97. The zero-order chi connectivity index (χ0) is 24.2. The summed E-state index contributed by atoms with van der Waals surface area (Å²) in [5.74, 6) is -1.02. The Hall–Kier alpha value is -4.25. The summed E-state index contributed by atoms with van der Waals surface area (Å²) in [5.41, 5.74) is 8.79. The van der Waals surface area contributed by atoms with Gasteiger partial charge in [-0.1, -0.05) is 29.8 Å². The number of aromatic nitrogens is 1. The molecule has 1 aromatic heterocycles. The normalized spacial score (nSPS) is 13.0. The Bertz CT molecular complexity index is 1250. The van der Waals surface area contributed by atoms with Gasteiger partial charge in [-0.3, -0.25) is 19.8 Å². The highest BCUT2D eigenvalue weighted by Gasteiger charge is 2.29. The van der Waals surface area contributed by atoms with Crippen LogP contribution in [0.15, 0.2) is 48.5 Å². The van der Waals surface area contributed by atoms with Crippen molar-refractivity contribution in [3.8, 4) is 11.3 Å². The van der Waals surface area contributed by atoms with Gasteiger partial charge >= 0.3 is 12.1 Å². The molecule has 0 spiro atoms. The maximum absolute atomic E-state index is 12.4. The van der Waals surface area contributed by atoms with Crippen molar-refractivity contribution in [3.05, 3.63) is 59.7 Å². The number of likely N-dealkylation sites (tertiary alicyclic amines) is 1. The maximum Gasteiger partial charge on any atom is 0.329 e. The Balaban J connectivity index is 1.47. The molecule has 5 N–H and O–H groups in total. The van der Waals surface area contributed by atoms with Crippen molar-refractivity contribution in [1.29, 1.82) is 0 Å². The molecular formula is C23H22N6O4S. The van der Waals surface area contributed by atoms with E-state index in [1.165, 1.54) is 0 Å². The average Bonchev–Trinajstić information content (AvgIpc) is 3.42. The van der Waals surface area contributed by atoms with Crippen LogP contribution in [0.2, 0.25) is 0 Å². The predicted octanol–water partition coefficient (Wildman–Crippen LogP) is 4.02. The largest absolute Gasteiger partial charge is 0.365 e. The molecule has 11 heteroatoms. The van der Waals surface area contributed by atoms with E-state index in [0.717, 1.165) is 22.0 Å². The Morgan fingerprint density at radius 1 is 0.971 bits per heavy atom. The van der Waals surface area contributed by atoms with E-state index in [2.05, 4.69) is 20.3 Å². The molecule has 1 saturated heterocycles. The van der Waals surface area contributed by atoms with E-state index in [-0.39, 0.29) is 16.5 Å². The van der Waals surface area contributed by atoms with Crippen LogP contribution in [0.5, 0.6) is 0 Å². The van der Waals surface area contributed by atoms with Gasteiger partial charge in [0, 0.05) is 29.9 Å². The molecule has 0 aliphatic carbocycles. The second-order valence-electron chi connectivity index (χ2n) is 7.70. The molecule has 10 nitrogen and oxygen atoms in total. The van der Waals surface area contributed by atoms with Crippen molar-refractivity contribution in [1.82, 2.24) is 9.27 Å². The standard InChI is InChI=1S/C23H22N6O4S/c1-13-4-8-15(9-5-13)25-22(32)26-16-10-6-14(7-11-16)19-18(20(24)31)21(34-28-19)27-23(33)29-12-2-3-17(29)30/h4-11H,2-3,12H2,1H3,(H2,24,31)(H,27,33)(H2,25,26,32). The van der Waals surface area contributed by atoms with Gasteiger partial charge in [-0.2, -0.15) is 4.37 Å². The molecule has 0 radical (unpaired) electrons. The average molecular weight is 479 g/mol. The summed E-state index contributed by atoms with van der Waals surface area (Å²) in [6.07, 6.45) is 0.916. The fourth-order valence-electron chi connectivity index (χ4n) is 3.47. The van der Waals surface area contributed by atoms with E-state index < -0.39 is 18.0 Å². The van der Waals surface area contributed by atoms with Crippen LogP contribution < -0.4 is 21.7 Å². The number of carbonyl (C=O) groups excluding carboxylic acids is 4. The first-order valence-electron chi connectivity index (χ1n) is 10.5. The lowest BCUT2D eigenvalue weighted by atomic mass is 10.1. The molecule has 2 heterocycles. The molecule has 2 aromatic carbocycles.